The van der Waals surface area contributed by atoms with Gasteiger partial charge in [0, 0.05) is 5.69 Å². The smallest absolute Gasteiger partial charge is 0.278 e. The molecule has 0 saturated heterocycles. The molecule has 18 heavy (non-hydrogen) atoms. The lowest BCUT2D eigenvalue weighted by molar-refractivity contribution is 0.585. The van der Waals surface area contributed by atoms with Crippen molar-refractivity contribution < 1.29 is 8.78 Å². The van der Waals surface area contributed by atoms with Crippen LogP contribution in [-0.4, -0.2) is 4.37 Å². The summed E-state index contributed by atoms with van der Waals surface area (Å²) in [5, 5.41) is 10.9. The van der Waals surface area contributed by atoms with Crippen LogP contribution in [0.1, 0.15) is 5.56 Å². The van der Waals surface area contributed by atoms with Crippen LogP contribution in [0, 0.1) is 23.0 Å². The van der Waals surface area contributed by atoms with Crippen LogP contribution in [0.2, 0.25) is 5.02 Å². The average molecular weight is 288 g/mol. The molecule has 0 spiro atoms. The van der Waals surface area contributed by atoms with Crippen molar-refractivity contribution in [3.05, 3.63) is 44.7 Å². The summed E-state index contributed by atoms with van der Waals surface area (Å²) in [5.74, 6) is -1.86. The van der Waals surface area contributed by atoms with E-state index < -0.39 is 22.2 Å². The van der Waals surface area contributed by atoms with Crippen LogP contribution in [0.4, 0.5) is 19.5 Å². The van der Waals surface area contributed by atoms with Crippen LogP contribution in [0.15, 0.2) is 16.9 Å². The normalized spacial score (nSPS) is 10.1. The zero-order valence-corrected chi connectivity index (χ0v) is 10.1. The molecule has 1 heterocycles. The minimum absolute atomic E-state index is 0.0566. The molecular weight excluding hydrogens is 284 g/mol. The maximum atomic E-state index is 13.2. The molecule has 0 unspecified atom stereocenters. The van der Waals surface area contributed by atoms with Crippen molar-refractivity contribution in [3.63, 3.8) is 0 Å². The highest BCUT2D eigenvalue weighted by Gasteiger charge is 2.13. The Morgan fingerprint density at radius 1 is 1.39 bits per heavy atom. The molecular formula is C10H4ClF2N3OS. The van der Waals surface area contributed by atoms with Crippen LogP contribution in [0.3, 0.4) is 0 Å². The van der Waals surface area contributed by atoms with E-state index in [4.69, 9.17) is 16.9 Å². The Kier molecular flexibility index (Phi) is 3.32. The summed E-state index contributed by atoms with van der Waals surface area (Å²) < 4.78 is 28.7. The number of aromatic nitrogens is 1. The Labute approximate surface area is 109 Å². The Hall–Kier alpha value is -1.91. The molecule has 0 amide bonds. The molecule has 4 nitrogen and oxygen atoms in total. The van der Waals surface area contributed by atoms with E-state index in [0.717, 1.165) is 23.7 Å². The molecule has 0 saturated carbocycles. The van der Waals surface area contributed by atoms with E-state index in [-0.39, 0.29) is 16.3 Å². The van der Waals surface area contributed by atoms with Crippen molar-refractivity contribution in [2.45, 2.75) is 0 Å². The maximum absolute atomic E-state index is 13.2. The number of halogens is 3. The quantitative estimate of drug-likeness (QED) is 0.834. The molecule has 0 bridgehead atoms. The van der Waals surface area contributed by atoms with Crippen LogP contribution >= 0.6 is 23.1 Å². The molecule has 92 valence electrons. The first-order chi connectivity index (χ1) is 8.52. The predicted octanol–water partition coefficient (Wildman–Crippen LogP) is 2.98. The van der Waals surface area contributed by atoms with Gasteiger partial charge in [-0.05, 0) is 23.7 Å². The highest BCUT2D eigenvalue weighted by Crippen LogP contribution is 2.27. The summed E-state index contributed by atoms with van der Waals surface area (Å²) in [7, 11) is 0. The number of aromatic amines is 1. The molecule has 0 aliphatic rings. The largest absolute Gasteiger partial charge is 0.345 e. The molecule has 0 aliphatic heterocycles. The fraction of sp³-hybridized carbons (Fsp3) is 0. The molecule has 1 aromatic heterocycles. The molecule has 1 aromatic carbocycles. The molecule has 2 N–H and O–H groups in total. The van der Waals surface area contributed by atoms with Crippen LogP contribution in [0.25, 0.3) is 0 Å². The minimum atomic E-state index is -0.930. The first kappa shape index (κ1) is 12.5. The second-order valence-electron chi connectivity index (χ2n) is 3.23. The number of rotatable bonds is 2. The second-order valence-corrected chi connectivity index (χ2v) is 4.42. The third-order valence-corrected chi connectivity index (χ3v) is 3.21. The van der Waals surface area contributed by atoms with Crippen molar-refractivity contribution in [1.82, 2.24) is 4.37 Å². The van der Waals surface area contributed by atoms with Gasteiger partial charge in [0.15, 0.2) is 5.56 Å². The summed E-state index contributed by atoms with van der Waals surface area (Å²) in [4.78, 5) is 11.2. The number of anilines is 2. The number of nitrogens with one attached hydrogen (secondary N) is 2. The van der Waals surface area contributed by atoms with Gasteiger partial charge in [-0.3, -0.25) is 9.17 Å². The van der Waals surface area contributed by atoms with E-state index >= 15 is 0 Å². The van der Waals surface area contributed by atoms with E-state index in [0.29, 0.717) is 0 Å². The van der Waals surface area contributed by atoms with Crippen LogP contribution < -0.4 is 10.9 Å². The van der Waals surface area contributed by atoms with Gasteiger partial charge in [-0.2, -0.15) is 5.26 Å². The molecule has 0 radical (unpaired) electrons. The SMILES string of the molecule is N#Cc1c(Nc2cc(F)c(Cl)c(F)c2)s[nH]c1=O. The molecule has 8 heteroatoms. The van der Waals surface area contributed by atoms with Crippen molar-refractivity contribution >= 4 is 33.8 Å². The zero-order chi connectivity index (χ0) is 13.3. The summed E-state index contributed by atoms with van der Waals surface area (Å²) in [6.45, 7) is 0. The number of hydrogen-bond acceptors (Lipinski definition) is 4. The van der Waals surface area contributed by atoms with E-state index in [1.807, 2.05) is 0 Å². The van der Waals surface area contributed by atoms with Gasteiger partial charge in [0.2, 0.25) is 0 Å². The fourth-order valence-electron chi connectivity index (χ4n) is 1.25. The van der Waals surface area contributed by atoms with Crippen molar-refractivity contribution in [1.29, 1.82) is 5.26 Å². The lowest BCUT2D eigenvalue weighted by Gasteiger charge is -2.05. The van der Waals surface area contributed by atoms with Crippen molar-refractivity contribution in [3.8, 4) is 6.07 Å². The van der Waals surface area contributed by atoms with Crippen LogP contribution in [0.5, 0.6) is 0 Å². The standard InChI is InChI=1S/C10H4ClF2N3OS/c11-8-6(12)1-4(2-7(8)13)15-10-5(3-14)9(17)16-18-10/h1-2,15H,(H,16,17). The predicted molar refractivity (Wildman–Crippen MR) is 64.3 cm³/mol. The summed E-state index contributed by atoms with van der Waals surface area (Å²) >= 11 is 6.19. The van der Waals surface area contributed by atoms with E-state index in [2.05, 4.69) is 9.69 Å². The van der Waals surface area contributed by atoms with Gasteiger partial charge in [-0.1, -0.05) is 11.6 Å². The molecule has 0 atom stereocenters. The van der Waals surface area contributed by atoms with E-state index in [1.54, 1.807) is 6.07 Å². The van der Waals surface area contributed by atoms with Gasteiger partial charge >= 0.3 is 0 Å². The third-order valence-electron chi connectivity index (χ3n) is 2.05. The summed E-state index contributed by atoms with van der Waals surface area (Å²) in [5.41, 5.74) is -0.642. The molecule has 0 fully saturated rings. The number of nitrogens with zero attached hydrogens (tertiary/aromatic N) is 1. The second kappa shape index (κ2) is 4.76. The number of benzene rings is 1. The summed E-state index contributed by atoms with van der Waals surface area (Å²) in [6, 6.07) is 3.63. The Bertz CT molecular complexity index is 681. The lowest BCUT2D eigenvalue weighted by Crippen LogP contribution is -2.03. The lowest BCUT2D eigenvalue weighted by atomic mass is 10.3. The first-order valence-corrected chi connectivity index (χ1v) is 5.75. The van der Waals surface area contributed by atoms with Gasteiger partial charge in [0.05, 0.1) is 0 Å². The highest BCUT2D eigenvalue weighted by molar-refractivity contribution is 7.10. The van der Waals surface area contributed by atoms with Crippen molar-refractivity contribution in [2.24, 2.45) is 0 Å². The van der Waals surface area contributed by atoms with Gasteiger partial charge in [0.1, 0.15) is 27.7 Å². The number of hydrogen-bond donors (Lipinski definition) is 2. The fourth-order valence-corrected chi connectivity index (χ4v) is 2.07. The Balaban J connectivity index is 2.41. The van der Waals surface area contributed by atoms with Gasteiger partial charge in [0.25, 0.3) is 5.56 Å². The Morgan fingerprint density at radius 3 is 2.56 bits per heavy atom. The van der Waals surface area contributed by atoms with Gasteiger partial charge < -0.3 is 5.32 Å². The topological polar surface area (TPSA) is 68.7 Å². The van der Waals surface area contributed by atoms with E-state index in [1.165, 1.54) is 0 Å². The number of nitriles is 1. The Morgan fingerprint density at radius 2 is 2.00 bits per heavy atom. The molecule has 0 aliphatic carbocycles. The maximum Gasteiger partial charge on any atom is 0.278 e. The molecule has 2 aromatic rings. The van der Waals surface area contributed by atoms with Crippen LogP contribution in [-0.2, 0) is 0 Å². The molecule has 2 rings (SSSR count). The average Bonchev–Trinajstić information content (AvgIpc) is 2.66. The third kappa shape index (κ3) is 2.20. The number of H-pyrrole nitrogens is 1. The van der Waals surface area contributed by atoms with Gasteiger partial charge in [-0.15, -0.1) is 0 Å². The first-order valence-electron chi connectivity index (χ1n) is 4.56. The van der Waals surface area contributed by atoms with Gasteiger partial charge in [-0.25, -0.2) is 8.78 Å². The van der Waals surface area contributed by atoms with E-state index in [9.17, 15) is 13.6 Å². The highest BCUT2D eigenvalue weighted by atomic mass is 35.5. The monoisotopic (exact) mass is 287 g/mol. The van der Waals surface area contributed by atoms with Crippen molar-refractivity contribution in [2.75, 3.05) is 5.32 Å². The zero-order valence-electron chi connectivity index (χ0n) is 8.55. The minimum Gasteiger partial charge on any atom is -0.345 e. The summed E-state index contributed by atoms with van der Waals surface area (Å²) in [6.07, 6.45) is 0.